The van der Waals surface area contributed by atoms with E-state index in [1.165, 1.54) is 0 Å². The van der Waals surface area contributed by atoms with E-state index in [4.69, 9.17) is 9.47 Å². The van der Waals surface area contributed by atoms with Gasteiger partial charge in [0.2, 0.25) is 0 Å². The summed E-state index contributed by atoms with van der Waals surface area (Å²) in [7, 11) is 1.63. The fourth-order valence-corrected chi connectivity index (χ4v) is 1.73. The van der Waals surface area contributed by atoms with E-state index >= 15 is 0 Å². The zero-order chi connectivity index (χ0) is 11.5. The summed E-state index contributed by atoms with van der Waals surface area (Å²) in [5.74, 6) is 1.52. The molecule has 2 rings (SSSR count). The van der Waals surface area contributed by atoms with Crippen LogP contribution in [-0.4, -0.2) is 42.2 Å². The first-order chi connectivity index (χ1) is 7.69. The number of hydrogen-bond donors (Lipinski definition) is 0. The molecule has 0 aromatic carbocycles. The molecule has 16 heavy (non-hydrogen) atoms. The molecule has 4 heteroatoms. The summed E-state index contributed by atoms with van der Waals surface area (Å²) in [4.78, 5) is 6.43. The fourth-order valence-electron chi connectivity index (χ4n) is 1.73. The lowest BCUT2D eigenvalue weighted by atomic mass is 10.1. The summed E-state index contributed by atoms with van der Waals surface area (Å²) in [6.45, 7) is 6.39. The van der Waals surface area contributed by atoms with Gasteiger partial charge in [0.25, 0.3) is 0 Å². The van der Waals surface area contributed by atoms with Crippen molar-refractivity contribution in [2.24, 2.45) is 0 Å². The van der Waals surface area contributed by atoms with Gasteiger partial charge in [0.1, 0.15) is 17.6 Å². The third kappa shape index (κ3) is 2.44. The van der Waals surface area contributed by atoms with Gasteiger partial charge in [-0.1, -0.05) is 0 Å². The summed E-state index contributed by atoms with van der Waals surface area (Å²) in [5, 5.41) is 0. The van der Waals surface area contributed by atoms with Gasteiger partial charge >= 0.3 is 0 Å². The molecule has 0 bridgehead atoms. The number of ether oxygens (including phenoxy) is 2. The van der Waals surface area contributed by atoms with Crippen LogP contribution in [0, 0.1) is 0 Å². The molecule has 1 aliphatic rings. The smallest absolute Gasteiger partial charge is 0.141 e. The molecule has 4 nitrogen and oxygen atoms in total. The number of rotatable bonds is 4. The topological polar surface area (TPSA) is 34.6 Å². The van der Waals surface area contributed by atoms with Crippen molar-refractivity contribution in [3.8, 4) is 11.5 Å². The first-order valence-electron chi connectivity index (χ1n) is 5.59. The van der Waals surface area contributed by atoms with E-state index in [2.05, 4.69) is 23.7 Å². The standard InChI is InChI=1S/C12H18N2O2/c1-9(2)14-7-12(8-14)16-11-4-10(15-3)5-13-6-11/h4-6,9,12H,7-8H2,1-3H3. The maximum absolute atomic E-state index is 5.79. The number of nitrogens with zero attached hydrogens (tertiary/aromatic N) is 2. The van der Waals surface area contributed by atoms with Crippen LogP contribution >= 0.6 is 0 Å². The highest BCUT2D eigenvalue weighted by Crippen LogP contribution is 2.22. The minimum atomic E-state index is 0.288. The molecular formula is C12H18N2O2. The van der Waals surface area contributed by atoms with Crippen molar-refractivity contribution >= 4 is 0 Å². The Morgan fingerprint density at radius 2 is 2.00 bits per heavy atom. The molecule has 0 atom stereocenters. The second kappa shape index (κ2) is 4.70. The normalized spacial score (nSPS) is 17.2. The highest BCUT2D eigenvalue weighted by molar-refractivity contribution is 5.28. The molecule has 1 fully saturated rings. The van der Waals surface area contributed by atoms with Crippen LogP contribution < -0.4 is 9.47 Å². The second-order valence-electron chi connectivity index (χ2n) is 4.35. The first kappa shape index (κ1) is 11.2. The Morgan fingerprint density at radius 3 is 2.62 bits per heavy atom. The van der Waals surface area contributed by atoms with Gasteiger partial charge in [-0.3, -0.25) is 9.88 Å². The number of likely N-dealkylation sites (tertiary alicyclic amines) is 1. The largest absolute Gasteiger partial charge is 0.495 e. The molecule has 1 aromatic rings. The van der Waals surface area contributed by atoms with Crippen LogP contribution in [0.5, 0.6) is 11.5 Å². The van der Waals surface area contributed by atoms with Crippen LogP contribution in [0.1, 0.15) is 13.8 Å². The molecule has 1 saturated heterocycles. The second-order valence-corrected chi connectivity index (χ2v) is 4.35. The van der Waals surface area contributed by atoms with Crippen molar-refractivity contribution in [3.63, 3.8) is 0 Å². The van der Waals surface area contributed by atoms with Crippen molar-refractivity contribution in [2.45, 2.75) is 26.0 Å². The minimum absolute atomic E-state index is 0.288. The van der Waals surface area contributed by atoms with Gasteiger partial charge in [0.15, 0.2) is 0 Å². The Hall–Kier alpha value is -1.29. The molecule has 88 valence electrons. The van der Waals surface area contributed by atoms with E-state index in [0.717, 1.165) is 24.6 Å². The molecule has 1 aliphatic heterocycles. The van der Waals surface area contributed by atoms with Crippen LogP contribution in [0.25, 0.3) is 0 Å². The summed E-state index contributed by atoms with van der Waals surface area (Å²) in [6, 6.07) is 2.47. The average molecular weight is 222 g/mol. The monoisotopic (exact) mass is 222 g/mol. The number of hydrogen-bond acceptors (Lipinski definition) is 4. The average Bonchev–Trinajstić information content (AvgIpc) is 2.22. The van der Waals surface area contributed by atoms with Gasteiger partial charge in [-0.25, -0.2) is 0 Å². The Bertz CT molecular complexity index is 349. The Balaban J connectivity index is 1.86. The van der Waals surface area contributed by atoms with Gasteiger partial charge in [0.05, 0.1) is 19.5 Å². The van der Waals surface area contributed by atoms with Gasteiger partial charge in [-0.15, -0.1) is 0 Å². The van der Waals surface area contributed by atoms with E-state index < -0.39 is 0 Å². The zero-order valence-electron chi connectivity index (χ0n) is 10.0. The van der Waals surface area contributed by atoms with Crippen LogP contribution in [0.4, 0.5) is 0 Å². The molecule has 0 unspecified atom stereocenters. The third-order valence-electron chi connectivity index (χ3n) is 2.83. The van der Waals surface area contributed by atoms with Gasteiger partial charge in [0, 0.05) is 25.2 Å². The van der Waals surface area contributed by atoms with Crippen LogP contribution in [-0.2, 0) is 0 Å². The predicted octanol–water partition coefficient (Wildman–Crippen LogP) is 1.56. The Kier molecular flexibility index (Phi) is 3.29. The number of methoxy groups -OCH3 is 1. The third-order valence-corrected chi connectivity index (χ3v) is 2.83. The highest BCUT2D eigenvalue weighted by Gasteiger charge is 2.30. The first-order valence-corrected chi connectivity index (χ1v) is 5.59. The van der Waals surface area contributed by atoms with Crippen molar-refractivity contribution < 1.29 is 9.47 Å². The molecule has 0 amide bonds. The van der Waals surface area contributed by atoms with Crippen LogP contribution in [0.3, 0.4) is 0 Å². The van der Waals surface area contributed by atoms with Gasteiger partial charge in [-0.05, 0) is 13.8 Å². The van der Waals surface area contributed by atoms with E-state index in [0.29, 0.717) is 6.04 Å². The maximum atomic E-state index is 5.79. The van der Waals surface area contributed by atoms with E-state index in [-0.39, 0.29) is 6.10 Å². The van der Waals surface area contributed by atoms with E-state index in [1.54, 1.807) is 19.5 Å². The summed E-state index contributed by atoms with van der Waals surface area (Å²) < 4.78 is 10.9. The fraction of sp³-hybridized carbons (Fsp3) is 0.583. The molecule has 0 saturated carbocycles. The van der Waals surface area contributed by atoms with Crippen molar-refractivity contribution in [1.82, 2.24) is 9.88 Å². The lowest BCUT2D eigenvalue weighted by molar-refractivity contribution is -0.000131. The van der Waals surface area contributed by atoms with Crippen LogP contribution in [0.15, 0.2) is 18.5 Å². The summed E-state index contributed by atoms with van der Waals surface area (Å²) in [5.41, 5.74) is 0. The highest BCUT2D eigenvalue weighted by atomic mass is 16.5. The maximum Gasteiger partial charge on any atom is 0.141 e. The van der Waals surface area contributed by atoms with Crippen molar-refractivity contribution in [1.29, 1.82) is 0 Å². The van der Waals surface area contributed by atoms with E-state index in [9.17, 15) is 0 Å². The van der Waals surface area contributed by atoms with Gasteiger partial charge < -0.3 is 9.47 Å². The molecule has 0 spiro atoms. The van der Waals surface area contributed by atoms with Gasteiger partial charge in [-0.2, -0.15) is 0 Å². The lowest BCUT2D eigenvalue weighted by Crippen LogP contribution is -2.56. The summed E-state index contributed by atoms with van der Waals surface area (Å²) in [6.07, 6.45) is 3.69. The zero-order valence-corrected chi connectivity index (χ0v) is 10.0. The lowest BCUT2D eigenvalue weighted by Gasteiger charge is -2.41. The van der Waals surface area contributed by atoms with Crippen molar-refractivity contribution in [3.05, 3.63) is 18.5 Å². The molecular weight excluding hydrogens is 204 g/mol. The van der Waals surface area contributed by atoms with E-state index in [1.807, 2.05) is 6.07 Å². The van der Waals surface area contributed by atoms with Crippen LogP contribution in [0.2, 0.25) is 0 Å². The number of aromatic nitrogens is 1. The number of pyridine rings is 1. The predicted molar refractivity (Wildman–Crippen MR) is 61.9 cm³/mol. The minimum Gasteiger partial charge on any atom is -0.495 e. The summed E-state index contributed by atoms with van der Waals surface area (Å²) >= 11 is 0. The SMILES string of the molecule is COc1cncc(OC2CN(C(C)C)C2)c1. The molecule has 2 heterocycles. The quantitative estimate of drug-likeness (QED) is 0.774. The molecule has 0 radical (unpaired) electrons. The molecule has 0 aliphatic carbocycles. The molecule has 0 N–H and O–H groups in total. The molecule has 1 aromatic heterocycles. The van der Waals surface area contributed by atoms with Crippen molar-refractivity contribution in [2.75, 3.05) is 20.2 Å². The Morgan fingerprint density at radius 1 is 1.31 bits per heavy atom. The Labute approximate surface area is 96.2 Å².